The van der Waals surface area contributed by atoms with Crippen LogP contribution in [0.3, 0.4) is 0 Å². The first-order chi connectivity index (χ1) is 13.7. The van der Waals surface area contributed by atoms with E-state index in [9.17, 15) is 9.59 Å². The summed E-state index contributed by atoms with van der Waals surface area (Å²) in [6.07, 6.45) is 3.11. The van der Waals surface area contributed by atoms with Crippen LogP contribution in [0.1, 0.15) is 20.7 Å². The third-order valence-corrected chi connectivity index (χ3v) is 4.40. The normalized spacial score (nSPS) is 10.7. The van der Waals surface area contributed by atoms with Crippen LogP contribution in [0.2, 0.25) is 0 Å². The number of nitrogens with one attached hydrogen (secondary N) is 2. The Balaban J connectivity index is 1.31. The van der Waals surface area contributed by atoms with E-state index in [-0.39, 0.29) is 11.8 Å². The summed E-state index contributed by atoms with van der Waals surface area (Å²) >= 11 is 0. The molecule has 4 rings (SSSR count). The first kappa shape index (κ1) is 17.6. The monoisotopic (exact) mass is 370 g/mol. The molecule has 0 unspecified atom stereocenters. The van der Waals surface area contributed by atoms with Crippen LogP contribution in [-0.2, 0) is 0 Å². The highest BCUT2D eigenvalue weighted by molar-refractivity contribution is 5.98. The first-order valence-electron chi connectivity index (χ1n) is 8.97. The van der Waals surface area contributed by atoms with E-state index < -0.39 is 0 Å². The van der Waals surface area contributed by atoms with Gasteiger partial charge in [0.25, 0.3) is 11.8 Å². The number of para-hydroxylation sites is 2. The second-order valence-corrected chi connectivity index (χ2v) is 6.35. The summed E-state index contributed by atoms with van der Waals surface area (Å²) in [6.45, 7) is 0.636. The third-order valence-electron chi connectivity index (χ3n) is 4.40. The number of benzene rings is 2. The van der Waals surface area contributed by atoms with Gasteiger partial charge in [-0.2, -0.15) is 0 Å². The molecule has 2 amide bonds. The lowest BCUT2D eigenvalue weighted by atomic mass is 10.1. The van der Waals surface area contributed by atoms with Crippen molar-refractivity contribution in [3.63, 3.8) is 0 Å². The Morgan fingerprint density at radius 1 is 0.679 bits per heavy atom. The van der Waals surface area contributed by atoms with Gasteiger partial charge in [0.15, 0.2) is 0 Å². The van der Waals surface area contributed by atoms with Gasteiger partial charge in [0, 0.05) is 36.3 Å². The predicted octanol–water partition coefficient (Wildman–Crippen LogP) is 2.94. The molecule has 2 aromatic heterocycles. The molecular weight excluding hydrogens is 352 g/mol. The average molecular weight is 370 g/mol. The van der Waals surface area contributed by atoms with Crippen LogP contribution in [0.5, 0.6) is 0 Å². The predicted molar refractivity (Wildman–Crippen MR) is 108 cm³/mol. The molecule has 6 heteroatoms. The molecule has 4 aromatic rings. The third kappa shape index (κ3) is 3.81. The standard InChI is InChI=1S/C22H18N4O2/c27-21(17-11-15-5-1-3-7-19(15)25-13-17)23-9-10-24-22(28)18-12-16-6-2-4-8-20(16)26-14-18/h1-8,11-14H,9-10H2,(H,23,27)(H,24,28). The van der Waals surface area contributed by atoms with Crippen LogP contribution in [0, 0.1) is 0 Å². The first-order valence-corrected chi connectivity index (χ1v) is 8.97. The van der Waals surface area contributed by atoms with Crippen LogP contribution in [-0.4, -0.2) is 34.9 Å². The van der Waals surface area contributed by atoms with E-state index in [4.69, 9.17) is 0 Å². The molecule has 0 atom stereocenters. The maximum Gasteiger partial charge on any atom is 0.252 e. The second-order valence-electron chi connectivity index (χ2n) is 6.35. The van der Waals surface area contributed by atoms with E-state index in [0.717, 1.165) is 21.8 Å². The molecular formula is C22H18N4O2. The Morgan fingerprint density at radius 2 is 1.11 bits per heavy atom. The van der Waals surface area contributed by atoms with Gasteiger partial charge in [0.2, 0.25) is 0 Å². The molecule has 138 valence electrons. The SMILES string of the molecule is O=C(NCCNC(=O)c1cnc2ccccc2c1)c1cnc2ccccc2c1. The molecule has 0 fully saturated rings. The number of carbonyl (C=O) groups is 2. The number of carbonyl (C=O) groups excluding carboxylic acids is 2. The Hall–Kier alpha value is -3.80. The number of nitrogens with zero attached hydrogens (tertiary/aromatic N) is 2. The van der Waals surface area contributed by atoms with Crippen LogP contribution in [0.15, 0.2) is 73.1 Å². The number of pyridine rings is 2. The van der Waals surface area contributed by atoms with E-state index in [1.165, 1.54) is 0 Å². The van der Waals surface area contributed by atoms with E-state index in [2.05, 4.69) is 20.6 Å². The molecule has 0 aliphatic carbocycles. The van der Waals surface area contributed by atoms with Crippen molar-refractivity contribution in [2.75, 3.05) is 13.1 Å². The number of aromatic nitrogens is 2. The molecule has 0 radical (unpaired) electrons. The second kappa shape index (κ2) is 7.84. The molecule has 0 aliphatic heterocycles. The molecule has 0 aliphatic rings. The molecule has 2 aromatic carbocycles. The molecule has 2 heterocycles. The largest absolute Gasteiger partial charge is 0.350 e. The summed E-state index contributed by atoms with van der Waals surface area (Å²) in [6, 6.07) is 18.8. The van der Waals surface area contributed by atoms with E-state index >= 15 is 0 Å². The van der Waals surface area contributed by atoms with Gasteiger partial charge in [-0.3, -0.25) is 19.6 Å². The highest BCUT2D eigenvalue weighted by Crippen LogP contribution is 2.13. The molecule has 0 spiro atoms. The van der Waals surface area contributed by atoms with Gasteiger partial charge in [0.05, 0.1) is 22.2 Å². The van der Waals surface area contributed by atoms with Gasteiger partial charge >= 0.3 is 0 Å². The van der Waals surface area contributed by atoms with Gasteiger partial charge in [0.1, 0.15) is 0 Å². The maximum absolute atomic E-state index is 12.3. The minimum atomic E-state index is -0.222. The summed E-state index contributed by atoms with van der Waals surface area (Å²) in [4.78, 5) is 33.1. The zero-order valence-electron chi connectivity index (χ0n) is 15.1. The Labute approximate surface area is 161 Å². The highest BCUT2D eigenvalue weighted by Gasteiger charge is 2.09. The van der Waals surface area contributed by atoms with Gasteiger partial charge < -0.3 is 10.6 Å². The van der Waals surface area contributed by atoms with Crippen LogP contribution in [0.25, 0.3) is 21.8 Å². The highest BCUT2D eigenvalue weighted by atomic mass is 16.2. The van der Waals surface area contributed by atoms with Gasteiger partial charge in [-0.05, 0) is 24.3 Å². The summed E-state index contributed by atoms with van der Waals surface area (Å²) in [5, 5.41) is 7.40. The molecule has 2 N–H and O–H groups in total. The summed E-state index contributed by atoms with van der Waals surface area (Å²) in [5.74, 6) is -0.445. The van der Waals surface area contributed by atoms with Crippen molar-refractivity contribution in [3.8, 4) is 0 Å². The van der Waals surface area contributed by atoms with Crippen molar-refractivity contribution >= 4 is 33.6 Å². The molecule has 6 nitrogen and oxygen atoms in total. The lowest BCUT2D eigenvalue weighted by molar-refractivity contribution is 0.0927. The fourth-order valence-corrected chi connectivity index (χ4v) is 2.95. The Kier molecular flexibility index (Phi) is 4.93. The van der Waals surface area contributed by atoms with Crippen molar-refractivity contribution < 1.29 is 9.59 Å². The number of fused-ring (bicyclic) bond motifs is 2. The van der Waals surface area contributed by atoms with Gasteiger partial charge in [-0.1, -0.05) is 36.4 Å². The minimum Gasteiger partial charge on any atom is -0.350 e. The van der Waals surface area contributed by atoms with E-state index in [1.807, 2.05) is 48.5 Å². The van der Waals surface area contributed by atoms with Crippen LogP contribution >= 0.6 is 0 Å². The Bertz CT molecular complexity index is 1080. The van der Waals surface area contributed by atoms with E-state index in [1.54, 1.807) is 24.5 Å². The Morgan fingerprint density at radius 3 is 1.57 bits per heavy atom. The van der Waals surface area contributed by atoms with E-state index in [0.29, 0.717) is 24.2 Å². The summed E-state index contributed by atoms with van der Waals surface area (Å²) in [7, 11) is 0. The number of rotatable bonds is 5. The van der Waals surface area contributed by atoms with Crippen molar-refractivity contribution in [3.05, 3.63) is 84.2 Å². The molecule has 0 saturated heterocycles. The zero-order valence-corrected chi connectivity index (χ0v) is 15.1. The smallest absolute Gasteiger partial charge is 0.252 e. The topological polar surface area (TPSA) is 84.0 Å². The zero-order chi connectivity index (χ0) is 19.3. The minimum absolute atomic E-state index is 0.222. The number of hydrogen-bond acceptors (Lipinski definition) is 4. The number of amides is 2. The average Bonchev–Trinajstić information content (AvgIpc) is 2.75. The van der Waals surface area contributed by atoms with Crippen LogP contribution < -0.4 is 10.6 Å². The van der Waals surface area contributed by atoms with Gasteiger partial charge in [-0.25, -0.2) is 0 Å². The lowest BCUT2D eigenvalue weighted by Gasteiger charge is -2.08. The molecule has 28 heavy (non-hydrogen) atoms. The summed E-state index contributed by atoms with van der Waals surface area (Å²) in [5.41, 5.74) is 2.66. The van der Waals surface area contributed by atoms with Crippen molar-refractivity contribution in [1.29, 1.82) is 0 Å². The van der Waals surface area contributed by atoms with Crippen molar-refractivity contribution in [2.45, 2.75) is 0 Å². The molecule has 0 bridgehead atoms. The van der Waals surface area contributed by atoms with Crippen molar-refractivity contribution in [2.24, 2.45) is 0 Å². The van der Waals surface area contributed by atoms with Gasteiger partial charge in [-0.15, -0.1) is 0 Å². The quantitative estimate of drug-likeness (QED) is 0.529. The lowest BCUT2D eigenvalue weighted by Crippen LogP contribution is -2.34. The fraction of sp³-hybridized carbons (Fsp3) is 0.0909. The van der Waals surface area contributed by atoms with Crippen molar-refractivity contribution in [1.82, 2.24) is 20.6 Å². The molecule has 0 saturated carbocycles. The van der Waals surface area contributed by atoms with Crippen LogP contribution in [0.4, 0.5) is 0 Å². The fourth-order valence-electron chi connectivity index (χ4n) is 2.95. The maximum atomic E-state index is 12.3. The number of hydrogen-bond donors (Lipinski definition) is 2. The summed E-state index contributed by atoms with van der Waals surface area (Å²) < 4.78 is 0.